The molecule has 1 aromatic carbocycles. The lowest BCUT2D eigenvalue weighted by Crippen LogP contribution is -2.20. The highest BCUT2D eigenvalue weighted by Crippen LogP contribution is 2.32. The van der Waals surface area contributed by atoms with Gasteiger partial charge in [-0.15, -0.1) is 0 Å². The average molecular weight is 242 g/mol. The molecule has 3 heteroatoms. The number of fused-ring (bicyclic) bond motifs is 1. The molecule has 2 rings (SSSR count). The van der Waals surface area contributed by atoms with Crippen molar-refractivity contribution < 1.29 is 4.74 Å². The van der Waals surface area contributed by atoms with Gasteiger partial charge in [0.25, 0.3) is 0 Å². The average Bonchev–Trinajstić information content (AvgIpc) is 2.29. The van der Waals surface area contributed by atoms with E-state index in [1.807, 2.05) is 24.3 Å². The summed E-state index contributed by atoms with van der Waals surface area (Å²) in [4.78, 5) is 0.316. The molecule has 13 heavy (non-hydrogen) atoms. The second kappa shape index (κ2) is 3.68. The minimum atomic E-state index is 0.0405. The van der Waals surface area contributed by atoms with E-state index in [1.54, 1.807) is 0 Å². The lowest BCUT2D eigenvalue weighted by molar-refractivity contribution is 0.318. The highest BCUT2D eigenvalue weighted by atomic mass is 79.9. The van der Waals surface area contributed by atoms with E-state index in [-0.39, 0.29) is 6.04 Å². The van der Waals surface area contributed by atoms with Gasteiger partial charge in [0, 0.05) is 16.4 Å². The van der Waals surface area contributed by atoms with E-state index in [2.05, 4.69) is 15.9 Å². The summed E-state index contributed by atoms with van der Waals surface area (Å²) >= 11 is 3.57. The number of benzene rings is 1. The van der Waals surface area contributed by atoms with E-state index >= 15 is 0 Å². The molecule has 0 spiro atoms. The van der Waals surface area contributed by atoms with Gasteiger partial charge < -0.3 is 10.5 Å². The van der Waals surface area contributed by atoms with Gasteiger partial charge >= 0.3 is 0 Å². The third-order valence-electron chi connectivity index (χ3n) is 2.32. The van der Waals surface area contributed by atoms with Gasteiger partial charge in [0.1, 0.15) is 5.75 Å². The fraction of sp³-hybridized carbons (Fsp3) is 0.400. The molecule has 2 unspecified atom stereocenters. The normalized spacial score (nSPS) is 27.2. The highest BCUT2D eigenvalue weighted by Gasteiger charge is 2.22. The summed E-state index contributed by atoms with van der Waals surface area (Å²) in [6, 6.07) is 8.01. The molecular weight excluding hydrogens is 230 g/mol. The number of hydrogen-bond acceptors (Lipinski definition) is 2. The van der Waals surface area contributed by atoms with Crippen LogP contribution in [0.5, 0.6) is 5.75 Å². The molecule has 0 aliphatic carbocycles. The SMILES string of the molecule is NC1c2ccccc2OCCC1Br. The van der Waals surface area contributed by atoms with Crippen molar-refractivity contribution in [1.29, 1.82) is 0 Å². The first kappa shape index (κ1) is 9.03. The lowest BCUT2D eigenvalue weighted by Gasteiger charge is -2.15. The van der Waals surface area contributed by atoms with Crippen molar-refractivity contribution in [3.05, 3.63) is 29.8 Å². The van der Waals surface area contributed by atoms with Crippen molar-refractivity contribution in [3.63, 3.8) is 0 Å². The molecule has 0 bridgehead atoms. The van der Waals surface area contributed by atoms with Crippen molar-refractivity contribution in [1.82, 2.24) is 0 Å². The zero-order chi connectivity index (χ0) is 9.26. The Balaban J connectivity index is 2.40. The standard InChI is InChI=1S/C10H12BrNO/c11-8-5-6-13-9-4-2-1-3-7(9)10(8)12/h1-4,8,10H,5-6,12H2. The van der Waals surface area contributed by atoms with Crippen LogP contribution in [-0.2, 0) is 0 Å². The van der Waals surface area contributed by atoms with E-state index in [9.17, 15) is 0 Å². The van der Waals surface area contributed by atoms with E-state index < -0.39 is 0 Å². The van der Waals surface area contributed by atoms with E-state index in [4.69, 9.17) is 10.5 Å². The maximum absolute atomic E-state index is 6.06. The summed E-state index contributed by atoms with van der Waals surface area (Å²) < 4.78 is 5.58. The monoisotopic (exact) mass is 241 g/mol. The van der Waals surface area contributed by atoms with Gasteiger partial charge in [0.05, 0.1) is 6.61 Å². The van der Waals surface area contributed by atoms with Crippen molar-refractivity contribution in [2.75, 3.05) is 6.61 Å². The summed E-state index contributed by atoms with van der Waals surface area (Å²) in [5, 5.41) is 0. The fourth-order valence-corrected chi connectivity index (χ4v) is 2.01. The first-order valence-electron chi connectivity index (χ1n) is 4.40. The minimum absolute atomic E-state index is 0.0405. The molecule has 1 aliphatic rings. The maximum Gasteiger partial charge on any atom is 0.124 e. The molecule has 0 amide bonds. The Morgan fingerprint density at radius 2 is 2.15 bits per heavy atom. The molecule has 1 aromatic rings. The Hall–Kier alpha value is -0.540. The number of alkyl halides is 1. The van der Waals surface area contributed by atoms with Crippen LogP contribution >= 0.6 is 15.9 Å². The second-order valence-corrected chi connectivity index (χ2v) is 4.39. The van der Waals surface area contributed by atoms with Gasteiger partial charge in [0.15, 0.2) is 0 Å². The first-order valence-corrected chi connectivity index (χ1v) is 5.32. The van der Waals surface area contributed by atoms with Gasteiger partial charge in [-0.3, -0.25) is 0 Å². The molecule has 2 N–H and O–H groups in total. The number of hydrogen-bond donors (Lipinski definition) is 1. The van der Waals surface area contributed by atoms with Gasteiger partial charge in [-0.25, -0.2) is 0 Å². The Bertz CT molecular complexity index is 303. The van der Waals surface area contributed by atoms with Crippen LogP contribution in [0.1, 0.15) is 18.0 Å². The van der Waals surface area contributed by atoms with Gasteiger partial charge in [-0.1, -0.05) is 34.1 Å². The van der Waals surface area contributed by atoms with E-state index in [0.29, 0.717) is 4.83 Å². The van der Waals surface area contributed by atoms with Gasteiger partial charge in [0.2, 0.25) is 0 Å². The smallest absolute Gasteiger partial charge is 0.124 e. The molecular formula is C10H12BrNO. The maximum atomic E-state index is 6.06. The van der Waals surface area contributed by atoms with Crippen molar-refractivity contribution in [2.24, 2.45) is 5.73 Å². The molecule has 0 saturated carbocycles. The number of nitrogens with two attached hydrogens (primary N) is 1. The molecule has 1 aliphatic heterocycles. The Morgan fingerprint density at radius 3 is 3.00 bits per heavy atom. The van der Waals surface area contributed by atoms with Gasteiger partial charge in [-0.05, 0) is 12.5 Å². The Morgan fingerprint density at radius 1 is 1.38 bits per heavy atom. The van der Waals surface area contributed by atoms with Crippen LogP contribution in [0.25, 0.3) is 0 Å². The van der Waals surface area contributed by atoms with Crippen molar-refractivity contribution in [3.8, 4) is 5.75 Å². The molecule has 0 saturated heterocycles. The van der Waals surface area contributed by atoms with Gasteiger partial charge in [-0.2, -0.15) is 0 Å². The molecule has 0 aromatic heterocycles. The van der Waals surface area contributed by atoms with Crippen LogP contribution < -0.4 is 10.5 Å². The summed E-state index contributed by atoms with van der Waals surface area (Å²) in [5.41, 5.74) is 7.16. The van der Waals surface area contributed by atoms with E-state index in [0.717, 1.165) is 24.3 Å². The number of halogens is 1. The Kier molecular flexibility index (Phi) is 2.56. The molecule has 2 nitrogen and oxygen atoms in total. The van der Waals surface area contributed by atoms with Crippen LogP contribution in [0.15, 0.2) is 24.3 Å². The quantitative estimate of drug-likeness (QED) is 0.708. The lowest BCUT2D eigenvalue weighted by atomic mass is 10.0. The topological polar surface area (TPSA) is 35.2 Å². The van der Waals surface area contributed by atoms with Crippen LogP contribution in [-0.4, -0.2) is 11.4 Å². The Labute approximate surface area is 86.2 Å². The minimum Gasteiger partial charge on any atom is -0.493 e. The summed E-state index contributed by atoms with van der Waals surface area (Å²) in [5.74, 6) is 0.928. The highest BCUT2D eigenvalue weighted by molar-refractivity contribution is 9.09. The van der Waals surface area contributed by atoms with Crippen LogP contribution in [0.2, 0.25) is 0 Å². The number of para-hydroxylation sites is 1. The number of ether oxygens (including phenoxy) is 1. The predicted molar refractivity (Wildman–Crippen MR) is 56.2 cm³/mol. The largest absolute Gasteiger partial charge is 0.493 e. The fourth-order valence-electron chi connectivity index (χ4n) is 1.54. The molecule has 70 valence electrons. The molecule has 2 atom stereocenters. The summed E-state index contributed by atoms with van der Waals surface area (Å²) in [7, 11) is 0. The van der Waals surface area contributed by atoms with Crippen LogP contribution in [0.3, 0.4) is 0 Å². The summed E-state index contributed by atoms with van der Waals surface area (Å²) in [6.45, 7) is 0.737. The molecule has 0 fully saturated rings. The van der Waals surface area contributed by atoms with Crippen molar-refractivity contribution in [2.45, 2.75) is 17.3 Å². The zero-order valence-electron chi connectivity index (χ0n) is 7.24. The molecule has 1 heterocycles. The van der Waals surface area contributed by atoms with Crippen LogP contribution in [0.4, 0.5) is 0 Å². The molecule has 0 radical (unpaired) electrons. The number of rotatable bonds is 0. The van der Waals surface area contributed by atoms with E-state index in [1.165, 1.54) is 0 Å². The third-order valence-corrected chi connectivity index (χ3v) is 3.35. The van der Waals surface area contributed by atoms with Crippen molar-refractivity contribution >= 4 is 15.9 Å². The second-order valence-electron chi connectivity index (χ2n) is 3.22. The first-order chi connectivity index (χ1) is 6.29. The third kappa shape index (κ3) is 1.71. The zero-order valence-corrected chi connectivity index (χ0v) is 8.83. The summed E-state index contributed by atoms with van der Waals surface area (Å²) in [6.07, 6.45) is 0.954. The predicted octanol–water partition coefficient (Wildman–Crippen LogP) is 2.23. The van der Waals surface area contributed by atoms with Crippen LogP contribution in [0, 0.1) is 0 Å².